The summed E-state index contributed by atoms with van der Waals surface area (Å²) >= 11 is 0. The lowest BCUT2D eigenvalue weighted by Gasteiger charge is -2.13. The van der Waals surface area contributed by atoms with Crippen molar-refractivity contribution < 1.29 is 27.8 Å². The van der Waals surface area contributed by atoms with Gasteiger partial charge in [-0.1, -0.05) is 0 Å². The molecule has 0 unspecified atom stereocenters. The van der Waals surface area contributed by atoms with Crippen molar-refractivity contribution in [2.75, 3.05) is 12.3 Å². The summed E-state index contributed by atoms with van der Waals surface area (Å²) in [6.07, 6.45) is -4.77. The zero-order valence-electron chi connectivity index (χ0n) is 8.84. The van der Waals surface area contributed by atoms with Crippen LogP contribution in [0.1, 0.15) is 22.8 Å². The van der Waals surface area contributed by atoms with Gasteiger partial charge in [-0.3, -0.25) is 0 Å². The molecule has 4 nitrogen and oxygen atoms in total. The van der Waals surface area contributed by atoms with Crippen LogP contribution in [0.2, 0.25) is 0 Å². The van der Waals surface area contributed by atoms with E-state index in [1.165, 1.54) is 6.92 Å². The minimum atomic E-state index is -4.77. The number of hydrogen-bond acceptors (Lipinski definition) is 4. The number of benzene rings is 1. The van der Waals surface area contributed by atoms with Gasteiger partial charge in [0.15, 0.2) is 0 Å². The molecule has 0 atom stereocenters. The fraction of sp³-hybridized carbons (Fsp3) is 0.300. The van der Waals surface area contributed by atoms with Crippen LogP contribution < -0.4 is 5.73 Å². The van der Waals surface area contributed by atoms with E-state index in [2.05, 4.69) is 4.74 Å². The topological polar surface area (TPSA) is 72.5 Å². The van der Waals surface area contributed by atoms with Crippen LogP contribution in [-0.2, 0) is 10.9 Å². The first-order valence-electron chi connectivity index (χ1n) is 4.64. The molecule has 0 heterocycles. The minimum absolute atomic E-state index is 0.0586. The predicted octanol–water partition coefficient (Wildman–Crippen LogP) is 2.17. The van der Waals surface area contributed by atoms with Gasteiger partial charge in [0, 0.05) is 0 Å². The summed E-state index contributed by atoms with van der Waals surface area (Å²) in [4.78, 5) is 11.3. The highest BCUT2D eigenvalue weighted by Gasteiger charge is 2.36. The van der Waals surface area contributed by atoms with Gasteiger partial charge >= 0.3 is 12.1 Å². The van der Waals surface area contributed by atoms with Gasteiger partial charge < -0.3 is 15.6 Å². The first kappa shape index (κ1) is 13.1. The standard InChI is InChI=1S/C10H10F3NO3/c1-2-17-9(16)5-3-7(14)8(15)4-6(5)10(11,12)13/h3-4,15H,2,14H2,1H3. The molecular formula is C10H10F3NO3. The van der Waals surface area contributed by atoms with E-state index in [9.17, 15) is 18.0 Å². The molecule has 0 saturated carbocycles. The number of phenols is 1. The Kier molecular flexibility index (Phi) is 3.50. The van der Waals surface area contributed by atoms with Crippen molar-refractivity contribution >= 4 is 11.7 Å². The third kappa shape index (κ3) is 2.80. The van der Waals surface area contributed by atoms with Crippen molar-refractivity contribution in [3.63, 3.8) is 0 Å². The lowest BCUT2D eigenvalue weighted by atomic mass is 10.1. The Bertz CT molecular complexity index is 443. The van der Waals surface area contributed by atoms with Crippen LogP contribution >= 0.6 is 0 Å². The molecule has 0 fully saturated rings. The van der Waals surface area contributed by atoms with Crippen molar-refractivity contribution in [2.24, 2.45) is 0 Å². The first-order chi connectivity index (χ1) is 7.77. The second-order valence-electron chi connectivity index (χ2n) is 3.17. The highest BCUT2D eigenvalue weighted by molar-refractivity contribution is 5.93. The Morgan fingerprint density at radius 3 is 2.53 bits per heavy atom. The predicted molar refractivity (Wildman–Crippen MR) is 53.5 cm³/mol. The normalized spacial score (nSPS) is 11.3. The van der Waals surface area contributed by atoms with E-state index in [4.69, 9.17) is 10.8 Å². The second kappa shape index (κ2) is 4.52. The van der Waals surface area contributed by atoms with Crippen LogP contribution in [0.3, 0.4) is 0 Å². The molecule has 1 aromatic carbocycles. The quantitative estimate of drug-likeness (QED) is 0.478. The lowest BCUT2D eigenvalue weighted by molar-refractivity contribution is -0.138. The number of hydrogen-bond donors (Lipinski definition) is 2. The van der Waals surface area contributed by atoms with Crippen LogP contribution in [0.5, 0.6) is 5.75 Å². The van der Waals surface area contributed by atoms with Crippen LogP contribution in [-0.4, -0.2) is 17.7 Å². The molecule has 0 saturated heterocycles. The Morgan fingerprint density at radius 1 is 1.47 bits per heavy atom. The highest BCUT2D eigenvalue weighted by atomic mass is 19.4. The van der Waals surface area contributed by atoms with E-state index in [0.717, 1.165) is 6.07 Å². The number of phenolic OH excluding ortho intramolecular Hbond substituents is 1. The Hall–Kier alpha value is -1.92. The molecule has 94 valence electrons. The van der Waals surface area contributed by atoms with E-state index in [1.54, 1.807) is 0 Å². The highest BCUT2D eigenvalue weighted by Crippen LogP contribution is 2.36. The van der Waals surface area contributed by atoms with Gasteiger partial charge in [0.25, 0.3) is 0 Å². The van der Waals surface area contributed by atoms with Gasteiger partial charge in [0.1, 0.15) is 5.75 Å². The second-order valence-corrected chi connectivity index (χ2v) is 3.17. The van der Waals surface area contributed by atoms with E-state index < -0.39 is 29.0 Å². The largest absolute Gasteiger partial charge is 0.506 e. The van der Waals surface area contributed by atoms with E-state index in [-0.39, 0.29) is 12.3 Å². The summed E-state index contributed by atoms with van der Waals surface area (Å²) in [7, 11) is 0. The van der Waals surface area contributed by atoms with Crippen molar-refractivity contribution in [1.82, 2.24) is 0 Å². The molecule has 0 spiro atoms. The Morgan fingerprint density at radius 2 is 2.06 bits per heavy atom. The van der Waals surface area contributed by atoms with Crippen molar-refractivity contribution in [2.45, 2.75) is 13.1 Å². The number of nitrogens with two attached hydrogens (primary N) is 1. The van der Waals surface area contributed by atoms with Crippen molar-refractivity contribution in [3.05, 3.63) is 23.3 Å². The molecule has 3 N–H and O–H groups in total. The molecule has 0 amide bonds. The summed E-state index contributed by atoms with van der Waals surface area (Å²) < 4.78 is 42.3. The van der Waals surface area contributed by atoms with Crippen LogP contribution in [0.15, 0.2) is 12.1 Å². The van der Waals surface area contributed by atoms with E-state index >= 15 is 0 Å². The maximum Gasteiger partial charge on any atom is 0.417 e. The molecule has 1 aromatic rings. The van der Waals surface area contributed by atoms with E-state index in [1.807, 2.05) is 0 Å². The minimum Gasteiger partial charge on any atom is -0.506 e. The third-order valence-corrected chi connectivity index (χ3v) is 1.97. The van der Waals surface area contributed by atoms with Crippen LogP contribution in [0, 0.1) is 0 Å². The third-order valence-electron chi connectivity index (χ3n) is 1.97. The maximum atomic E-state index is 12.6. The van der Waals surface area contributed by atoms with Gasteiger partial charge in [-0.15, -0.1) is 0 Å². The number of esters is 1. The molecule has 17 heavy (non-hydrogen) atoms. The number of carbonyl (C=O) groups is 1. The zero-order valence-corrected chi connectivity index (χ0v) is 8.84. The first-order valence-corrected chi connectivity index (χ1v) is 4.64. The molecule has 0 aliphatic carbocycles. The monoisotopic (exact) mass is 249 g/mol. The number of anilines is 1. The molecule has 0 radical (unpaired) electrons. The lowest BCUT2D eigenvalue weighted by Crippen LogP contribution is -2.15. The molecule has 0 aromatic heterocycles. The number of carbonyl (C=O) groups excluding carboxylic acids is 1. The Balaban J connectivity index is 3.36. The fourth-order valence-corrected chi connectivity index (χ4v) is 1.22. The van der Waals surface area contributed by atoms with Gasteiger partial charge in [-0.2, -0.15) is 13.2 Å². The van der Waals surface area contributed by atoms with Gasteiger partial charge in [-0.05, 0) is 19.1 Å². The molecule has 0 bridgehead atoms. The Labute approximate surface area is 94.8 Å². The molecule has 1 rings (SSSR count). The van der Waals surface area contributed by atoms with Crippen LogP contribution in [0.4, 0.5) is 18.9 Å². The SMILES string of the molecule is CCOC(=O)c1cc(N)c(O)cc1C(F)(F)F. The molecular weight excluding hydrogens is 239 g/mol. The molecule has 0 aliphatic heterocycles. The summed E-state index contributed by atoms with van der Waals surface area (Å²) in [5, 5.41) is 9.12. The van der Waals surface area contributed by atoms with Gasteiger partial charge in [-0.25, -0.2) is 4.79 Å². The van der Waals surface area contributed by atoms with E-state index in [0.29, 0.717) is 6.07 Å². The number of nitrogen functional groups attached to an aromatic ring is 1. The summed E-state index contributed by atoms with van der Waals surface area (Å²) in [5.41, 5.74) is 2.93. The summed E-state index contributed by atoms with van der Waals surface area (Å²) in [6.45, 7) is 1.41. The smallest absolute Gasteiger partial charge is 0.417 e. The average Bonchev–Trinajstić information content (AvgIpc) is 2.20. The fourth-order valence-electron chi connectivity index (χ4n) is 1.22. The number of aromatic hydroxyl groups is 1. The number of alkyl halides is 3. The number of halogens is 3. The number of ether oxygens (including phenoxy) is 1. The maximum absolute atomic E-state index is 12.6. The van der Waals surface area contributed by atoms with Gasteiger partial charge in [0.05, 0.1) is 23.4 Å². The van der Waals surface area contributed by atoms with Crippen molar-refractivity contribution in [3.8, 4) is 5.75 Å². The zero-order chi connectivity index (χ0) is 13.2. The van der Waals surface area contributed by atoms with Crippen molar-refractivity contribution in [1.29, 1.82) is 0 Å². The molecule has 7 heteroatoms. The number of rotatable bonds is 2. The molecule has 0 aliphatic rings. The summed E-state index contributed by atoms with van der Waals surface area (Å²) in [5.74, 6) is -1.86. The average molecular weight is 249 g/mol. The summed E-state index contributed by atoms with van der Waals surface area (Å²) in [6, 6.07) is 1.15. The van der Waals surface area contributed by atoms with Gasteiger partial charge in [0.2, 0.25) is 0 Å². The van der Waals surface area contributed by atoms with Crippen LogP contribution in [0.25, 0.3) is 0 Å².